The van der Waals surface area contributed by atoms with E-state index in [0.717, 1.165) is 17.3 Å². The van der Waals surface area contributed by atoms with Gasteiger partial charge in [-0.05, 0) is 0 Å². The number of unbranched alkanes of at least 4 members (excludes halogenated alkanes) is 4. The first kappa shape index (κ1) is 20.3. The Labute approximate surface area is 144 Å². The van der Waals surface area contributed by atoms with Crippen LogP contribution >= 0.6 is 37.9 Å². The van der Waals surface area contributed by atoms with E-state index in [9.17, 15) is 4.79 Å². The molecule has 0 N–H and O–H groups in total. The number of hydrogen-bond donors (Lipinski definition) is 3. The van der Waals surface area contributed by atoms with E-state index < -0.39 is 24.6 Å². The number of hydrogen-bond acceptors (Lipinski definition) is 5. The molecule has 0 aromatic heterocycles. The van der Waals surface area contributed by atoms with Crippen LogP contribution in [0.5, 0.6) is 0 Å². The van der Waals surface area contributed by atoms with Gasteiger partial charge in [-0.2, -0.15) is 0 Å². The van der Waals surface area contributed by atoms with Crippen molar-refractivity contribution in [3.8, 4) is 0 Å². The van der Waals surface area contributed by atoms with Gasteiger partial charge in [0.1, 0.15) is 0 Å². The van der Waals surface area contributed by atoms with Crippen LogP contribution in [0.2, 0.25) is 8.37 Å². The van der Waals surface area contributed by atoms with Crippen LogP contribution in [0.15, 0.2) is 0 Å². The Morgan fingerprint density at radius 1 is 1.11 bits per heavy atom. The zero-order valence-corrected chi connectivity index (χ0v) is 17.4. The van der Waals surface area contributed by atoms with Gasteiger partial charge in [-0.1, -0.05) is 0 Å². The molecule has 6 heteroatoms. The predicted octanol–water partition coefficient (Wildman–Crippen LogP) is 4.26. The maximum atomic E-state index is 12.1. The van der Waals surface area contributed by atoms with Crippen molar-refractivity contribution < 1.29 is 9.53 Å². The van der Waals surface area contributed by atoms with E-state index in [1.807, 2.05) is 0 Å². The standard InChI is InChI=1S/C9H17O2S3.C4H9.Sn/c1-2-3-4-5-6-11-8(10)7-9(12,13)14;1-3-4-2;/h7,12-14H,2-6H2,1H3;1,3-4H2,2H3;. The molecule has 0 fully saturated rings. The summed E-state index contributed by atoms with van der Waals surface area (Å²) in [6.45, 7) is 4.85. The molecule has 0 saturated heterocycles. The van der Waals surface area contributed by atoms with Gasteiger partial charge in [-0.25, -0.2) is 0 Å². The van der Waals surface area contributed by atoms with E-state index in [4.69, 9.17) is 4.74 Å². The molecule has 0 amide bonds. The molecule has 0 aromatic rings. The van der Waals surface area contributed by atoms with Crippen LogP contribution in [0.1, 0.15) is 52.4 Å². The van der Waals surface area contributed by atoms with E-state index in [1.54, 1.807) is 0 Å². The Hall–Kier alpha value is 1.32. The van der Waals surface area contributed by atoms with Crippen molar-refractivity contribution >= 4 is 65.0 Å². The van der Waals surface area contributed by atoms with Gasteiger partial charge < -0.3 is 0 Å². The predicted molar refractivity (Wildman–Crippen MR) is 94.0 cm³/mol. The third-order valence-electron chi connectivity index (χ3n) is 2.74. The minimum atomic E-state index is -0.880. The second kappa shape index (κ2) is 11.9. The first-order valence-electron chi connectivity index (χ1n) is 7.00. The summed E-state index contributed by atoms with van der Waals surface area (Å²) in [6, 6.07) is 0. The topological polar surface area (TPSA) is 26.3 Å². The zero-order valence-electron chi connectivity index (χ0n) is 11.9. The Bertz CT molecular complexity index is 245. The molecule has 0 aliphatic heterocycles. The molecule has 0 spiro atoms. The molecule has 0 bridgehead atoms. The van der Waals surface area contributed by atoms with Crippen LogP contribution in [-0.2, 0) is 9.53 Å². The molecule has 0 aliphatic rings. The first-order chi connectivity index (χ1) is 8.93. The average molecular weight is 429 g/mol. The number of esters is 1. The summed E-state index contributed by atoms with van der Waals surface area (Å²) in [6.07, 6.45) is 6.80. The maximum absolute atomic E-state index is 12.1. The first-order valence-corrected chi connectivity index (χ1v) is 12.0. The molecule has 0 heterocycles. The molecular weight excluding hydrogens is 403 g/mol. The van der Waals surface area contributed by atoms with Gasteiger partial charge in [-0.15, -0.1) is 0 Å². The second-order valence-electron chi connectivity index (χ2n) is 4.66. The van der Waals surface area contributed by atoms with Gasteiger partial charge in [0.05, 0.1) is 0 Å². The minimum absolute atomic E-state index is 0.140. The molecule has 0 aliphatic carbocycles. The van der Waals surface area contributed by atoms with Crippen molar-refractivity contribution in [3.63, 3.8) is 0 Å². The van der Waals surface area contributed by atoms with E-state index in [1.165, 1.54) is 25.7 Å². The zero-order chi connectivity index (χ0) is 14.7. The molecule has 112 valence electrons. The van der Waals surface area contributed by atoms with Crippen LogP contribution < -0.4 is 0 Å². The molecule has 1 unspecified atom stereocenters. The van der Waals surface area contributed by atoms with Gasteiger partial charge in [0, 0.05) is 0 Å². The summed E-state index contributed by atoms with van der Waals surface area (Å²) in [7, 11) is 0. The quantitative estimate of drug-likeness (QED) is 0.151. The third-order valence-corrected chi connectivity index (χ3v) is 10.5. The summed E-state index contributed by atoms with van der Waals surface area (Å²) in [5.41, 5.74) is 0. The monoisotopic (exact) mass is 430 g/mol. The normalized spacial score (nSPS) is 13.3. The summed E-state index contributed by atoms with van der Waals surface area (Å²) in [4.78, 5) is 12.1. The van der Waals surface area contributed by atoms with E-state index in [2.05, 4.69) is 51.7 Å². The third kappa shape index (κ3) is 10.7. The summed E-state index contributed by atoms with van der Waals surface area (Å²) in [5, 5.41) is 0. The number of thiol groups is 3. The second-order valence-corrected chi connectivity index (χ2v) is 12.1. The van der Waals surface area contributed by atoms with Crippen molar-refractivity contribution in [2.24, 2.45) is 0 Å². The van der Waals surface area contributed by atoms with Crippen molar-refractivity contribution in [1.82, 2.24) is 0 Å². The Morgan fingerprint density at radius 2 is 1.74 bits per heavy atom. The Kier molecular flexibility index (Phi) is 12.7. The van der Waals surface area contributed by atoms with E-state index in [-0.39, 0.29) is 9.90 Å². The Balaban J connectivity index is 4.09. The van der Waals surface area contributed by atoms with Gasteiger partial charge in [0.25, 0.3) is 0 Å². The molecule has 1 atom stereocenters. The van der Waals surface area contributed by atoms with Crippen molar-refractivity contribution in [3.05, 3.63) is 0 Å². The van der Waals surface area contributed by atoms with Crippen LogP contribution in [0.3, 0.4) is 0 Å². The molecule has 19 heavy (non-hydrogen) atoms. The van der Waals surface area contributed by atoms with E-state index in [0.29, 0.717) is 6.61 Å². The van der Waals surface area contributed by atoms with Crippen LogP contribution in [0, 0.1) is 0 Å². The van der Waals surface area contributed by atoms with Gasteiger partial charge >= 0.3 is 145 Å². The van der Waals surface area contributed by atoms with Crippen LogP contribution in [-0.4, -0.2) is 37.1 Å². The average Bonchev–Trinajstić information content (AvgIpc) is 2.32. The molecular formula is C13H26O2S3Sn. The summed E-state index contributed by atoms with van der Waals surface area (Å²) >= 11 is 12.1. The van der Waals surface area contributed by atoms with Gasteiger partial charge in [0.15, 0.2) is 0 Å². The van der Waals surface area contributed by atoms with Crippen LogP contribution in [0.25, 0.3) is 0 Å². The fourth-order valence-electron chi connectivity index (χ4n) is 1.59. The fraction of sp³-hybridized carbons (Fsp3) is 0.923. The van der Waals surface area contributed by atoms with E-state index >= 15 is 0 Å². The fourth-order valence-corrected chi connectivity index (χ4v) is 7.65. The van der Waals surface area contributed by atoms with Crippen LogP contribution in [0.4, 0.5) is 0 Å². The number of carbonyl (C=O) groups excluding carboxylic acids is 1. The number of carbonyl (C=O) groups is 1. The van der Waals surface area contributed by atoms with Gasteiger partial charge in [-0.3, -0.25) is 0 Å². The van der Waals surface area contributed by atoms with Crippen molar-refractivity contribution in [2.75, 3.05) is 6.61 Å². The molecule has 0 saturated carbocycles. The summed E-state index contributed by atoms with van der Waals surface area (Å²) < 4.78 is 5.49. The number of rotatable bonds is 11. The SMILES string of the molecule is CCCCCCOC(=O)[CH]([Sn][CH2]CCC)C(S)(S)S. The summed E-state index contributed by atoms with van der Waals surface area (Å²) in [5.74, 6) is -0.140. The number of ether oxygens (including phenoxy) is 1. The van der Waals surface area contributed by atoms with Crippen molar-refractivity contribution in [2.45, 2.75) is 64.2 Å². The molecule has 2 nitrogen and oxygen atoms in total. The van der Waals surface area contributed by atoms with Gasteiger partial charge in [0.2, 0.25) is 0 Å². The molecule has 0 aromatic carbocycles. The van der Waals surface area contributed by atoms with Crippen molar-refractivity contribution in [1.29, 1.82) is 0 Å². The Morgan fingerprint density at radius 3 is 2.26 bits per heavy atom. The molecule has 2 radical (unpaired) electrons. The molecule has 0 rings (SSSR count).